The van der Waals surface area contributed by atoms with Gasteiger partial charge in [0.25, 0.3) is 0 Å². The fourth-order valence-corrected chi connectivity index (χ4v) is 4.73. The third-order valence-corrected chi connectivity index (χ3v) is 5.70. The number of esters is 1. The van der Waals surface area contributed by atoms with Crippen molar-refractivity contribution < 1.29 is 40.4 Å². The van der Waals surface area contributed by atoms with Gasteiger partial charge in [-0.15, -0.1) is 13.2 Å². The molecule has 0 saturated carbocycles. The molecule has 0 saturated heterocycles. The fourth-order valence-electron chi connectivity index (χ4n) is 3.68. The van der Waals surface area contributed by atoms with Crippen molar-refractivity contribution in [2.45, 2.75) is 31.7 Å². The Hall–Kier alpha value is -2.79. The molecule has 0 spiro atoms. The standard InChI is InChI=1S/C19H18F3NO6S/c1-2-28-17(24)18(12-11-13-5-3-4-6-16(13)18)23(30(25,26)27)14-7-9-15(10-8-14)29-19(20,21)22/h3-10H,2,11-12H2,1H3,(H,25,26,27)/t18-/m1/s1. The van der Waals surface area contributed by atoms with E-state index in [1.54, 1.807) is 31.2 Å². The Balaban J connectivity index is 2.17. The van der Waals surface area contributed by atoms with Gasteiger partial charge in [-0.25, -0.2) is 9.10 Å². The molecule has 0 aliphatic heterocycles. The quantitative estimate of drug-likeness (QED) is 0.540. The Morgan fingerprint density at radius 2 is 1.80 bits per heavy atom. The smallest absolute Gasteiger partial charge is 0.464 e. The molecular weight excluding hydrogens is 427 g/mol. The van der Waals surface area contributed by atoms with Crippen molar-refractivity contribution in [2.75, 3.05) is 10.9 Å². The van der Waals surface area contributed by atoms with Crippen LogP contribution in [0.1, 0.15) is 24.5 Å². The van der Waals surface area contributed by atoms with Crippen LogP contribution in [0.2, 0.25) is 0 Å². The summed E-state index contributed by atoms with van der Waals surface area (Å²) in [5, 5.41) is 0. The molecular formula is C19H18F3NO6S. The third kappa shape index (κ3) is 4.08. The summed E-state index contributed by atoms with van der Waals surface area (Å²) < 4.78 is 81.6. The van der Waals surface area contributed by atoms with Gasteiger partial charge in [-0.1, -0.05) is 24.3 Å². The highest BCUT2D eigenvalue weighted by atomic mass is 32.2. The number of ether oxygens (including phenoxy) is 2. The zero-order valence-corrected chi connectivity index (χ0v) is 16.5. The second-order valence-corrected chi connectivity index (χ2v) is 7.78. The van der Waals surface area contributed by atoms with Gasteiger partial charge in [-0.05, 0) is 55.2 Å². The largest absolute Gasteiger partial charge is 0.573 e. The highest BCUT2D eigenvalue weighted by molar-refractivity contribution is 7.87. The zero-order valence-electron chi connectivity index (χ0n) is 15.7. The van der Waals surface area contributed by atoms with Gasteiger partial charge in [0.15, 0.2) is 5.54 Å². The van der Waals surface area contributed by atoms with Gasteiger partial charge in [-0.3, -0.25) is 4.55 Å². The molecule has 0 bridgehead atoms. The number of hydrogen-bond donors (Lipinski definition) is 1. The van der Waals surface area contributed by atoms with E-state index in [1.807, 2.05) is 0 Å². The van der Waals surface area contributed by atoms with Crippen molar-refractivity contribution >= 4 is 22.0 Å². The first-order chi connectivity index (χ1) is 14.0. The number of rotatable bonds is 6. The Kier molecular flexibility index (Phi) is 5.70. The van der Waals surface area contributed by atoms with Gasteiger partial charge in [0, 0.05) is 0 Å². The number of aryl methyl sites for hydroxylation is 1. The molecule has 1 N–H and O–H groups in total. The summed E-state index contributed by atoms with van der Waals surface area (Å²) in [6.45, 7) is 1.51. The van der Waals surface area contributed by atoms with Crippen molar-refractivity contribution in [2.24, 2.45) is 0 Å². The number of carbonyl (C=O) groups excluding carboxylic acids is 1. The normalized spacial score (nSPS) is 18.6. The molecule has 0 aromatic heterocycles. The summed E-state index contributed by atoms with van der Waals surface area (Å²) in [6, 6.07) is 10.4. The molecule has 3 rings (SSSR count). The lowest BCUT2D eigenvalue weighted by atomic mass is 9.91. The van der Waals surface area contributed by atoms with Crippen LogP contribution in [0.15, 0.2) is 48.5 Å². The van der Waals surface area contributed by atoms with E-state index in [1.165, 1.54) is 0 Å². The molecule has 1 atom stereocenters. The van der Waals surface area contributed by atoms with Gasteiger partial charge >= 0.3 is 22.6 Å². The van der Waals surface area contributed by atoms with Crippen LogP contribution in [-0.4, -0.2) is 31.9 Å². The van der Waals surface area contributed by atoms with Crippen LogP contribution in [0.5, 0.6) is 5.75 Å². The first-order valence-electron chi connectivity index (χ1n) is 8.88. The van der Waals surface area contributed by atoms with Crippen LogP contribution >= 0.6 is 0 Å². The first-order valence-corrected chi connectivity index (χ1v) is 10.3. The predicted molar refractivity (Wildman–Crippen MR) is 100 cm³/mol. The highest BCUT2D eigenvalue weighted by Crippen LogP contribution is 2.46. The summed E-state index contributed by atoms with van der Waals surface area (Å²) >= 11 is 0. The Labute approximate surface area is 170 Å². The van der Waals surface area contributed by atoms with Gasteiger partial charge < -0.3 is 9.47 Å². The van der Waals surface area contributed by atoms with Crippen molar-refractivity contribution in [1.82, 2.24) is 0 Å². The Bertz CT molecular complexity index is 1040. The lowest BCUT2D eigenvalue weighted by Gasteiger charge is -2.38. The summed E-state index contributed by atoms with van der Waals surface area (Å²) in [5.41, 5.74) is -1.11. The Morgan fingerprint density at radius 3 is 2.37 bits per heavy atom. The van der Waals surface area contributed by atoms with Crippen molar-refractivity contribution in [1.29, 1.82) is 0 Å². The molecule has 162 valence electrons. The molecule has 0 amide bonds. The molecule has 0 heterocycles. The van der Waals surface area contributed by atoms with Gasteiger partial charge in [0.2, 0.25) is 0 Å². The molecule has 30 heavy (non-hydrogen) atoms. The monoisotopic (exact) mass is 445 g/mol. The van der Waals surface area contributed by atoms with E-state index >= 15 is 0 Å². The summed E-state index contributed by atoms with van der Waals surface area (Å²) in [7, 11) is -5.04. The summed E-state index contributed by atoms with van der Waals surface area (Å²) in [6.07, 6.45) is -4.62. The molecule has 7 nitrogen and oxygen atoms in total. The average Bonchev–Trinajstić information content (AvgIpc) is 3.02. The van der Waals surface area contributed by atoms with Crippen LogP contribution in [-0.2, 0) is 31.8 Å². The van der Waals surface area contributed by atoms with Crippen LogP contribution < -0.4 is 9.04 Å². The van der Waals surface area contributed by atoms with Gasteiger partial charge in [-0.2, -0.15) is 8.42 Å². The maximum absolute atomic E-state index is 13.0. The molecule has 0 unspecified atom stereocenters. The number of hydrogen-bond acceptors (Lipinski definition) is 5. The minimum absolute atomic E-state index is 0.0221. The van der Waals surface area contributed by atoms with E-state index in [0.717, 1.165) is 24.3 Å². The average molecular weight is 445 g/mol. The van der Waals surface area contributed by atoms with Crippen LogP contribution in [0.3, 0.4) is 0 Å². The first kappa shape index (κ1) is 21.9. The lowest BCUT2D eigenvalue weighted by molar-refractivity contribution is -0.274. The van der Waals surface area contributed by atoms with Crippen molar-refractivity contribution in [3.8, 4) is 5.75 Å². The second-order valence-electron chi connectivity index (χ2n) is 6.52. The molecule has 1 aliphatic rings. The maximum atomic E-state index is 13.0. The zero-order chi connectivity index (χ0) is 22.2. The van der Waals surface area contributed by atoms with Crippen molar-refractivity contribution in [3.63, 3.8) is 0 Å². The van der Waals surface area contributed by atoms with Gasteiger partial charge in [0.05, 0.1) is 12.3 Å². The SMILES string of the molecule is CCOC(=O)[C@@]1(N(c2ccc(OC(F)(F)F)cc2)S(=O)(=O)O)CCc2ccccc21. The van der Waals surface area contributed by atoms with Gasteiger partial charge in [0.1, 0.15) is 5.75 Å². The van der Waals surface area contributed by atoms with Crippen LogP contribution in [0, 0.1) is 0 Å². The van der Waals surface area contributed by atoms with E-state index in [-0.39, 0.29) is 18.7 Å². The molecule has 11 heteroatoms. The predicted octanol–water partition coefficient (Wildman–Crippen LogP) is 3.60. The number of nitrogens with zero attached hydrogens (tertiary/aromatic N) is 1. The lowest BCUT2D eigenvalue weighted by Crippen LogP contribution is -2.54. The molecule has 1 aliphatic carbocycles. The fraction of sp³-hybridized carbons (Fsp3) is 0.316. The minimum Gasteiger partial charge on any atom is -0.464 e. The van der Waals surface area contributed by atoms with E-state index in [9.17, 15) is 30.9 Å². The number of anilines is 1. The number of carbonyl (C=O) groups is 1. The van der Waals surface area contributed by atoms with E-state index in [0.29, 0.717) is 21.9 Å². The van der Waals surface area contributed by atoms with E-state index in [2.05, 4.69) is 4.74 Å². The topological polar surface area (TPSA) is 93.1 Å². The van der Waals surface area contributed by atoms with Crippen molar-refractivity contribution in [3.05, 3.63) is 59.7 Å². The number of benzene rings is 2. The third-order valence-electron chi connectivity index (χ3n) is 4.71. The number of alkyl halides is 3. The highest BCUT2D eigenvalue weighted by Gasteiger charge is 2.55. The van der Waals surface area contributed by atoms with E-state index in [4.69, 9.17) is 4.74 Å². The maximum Gasteiger partial charge on any atom is 0.573 e. The summed E-state index contributed by atoms with van der Waals surface area (Å²) in [5.74, 6) is -1.48. The Morgan fingerprint density at radius 1 is 1.17 bits per heavy atom. The second kappa shape index (κ2) is 7.80. The van der Waals surface area contributed by atoms with Crippen LogP contribution in [0.4, 0.5) is 18.9 Å². The van der Waals surface area contributed by atoms with Crippen LogP contribution in [0.25, 0.3) is 0 Å². The number of fused-ring (bicyclic) bond motifs is 1. The number of halogens is 3. The molecule has 2 aromatic rings. The molecule has 0 radical (unpaired) electrons. The molecule has 0 fully saturated rings. The molecule has 2 aromatic carbocycles. The summed E-state index contributed by atoms with van der Waals surface area (Å²) in [4.78, 5) is 13.0. The minimum atomic E-state index is -5.04. The van der Waals surface area contributed by atoms with E-state index < -0.39 is 33.9 Å².